The van der Waals surface area contributed by atoms with Crippen LogP contribution < -0.4 is 10.2 Å². The van der Waals surface area contributed by atoms with Crippen molar-refractivity contribution in [3.05, 3.63) is 46.8 Å². The molecule has 6 nitrogen and oxygen atoms in total. The zero-order chi connectivity index (χ0) is 18.5. The zero-order valence-corrected chi connectivity index (χ0v) is 15.9. The molecule has 0 saturated heterocycles. The number of aliphatic imine (C=N–C) groups is 1. The Hall–Kier alpha value is -2.80. The highest BCUT2D eigenvalue weighted by Gasteiger charge is 2.18. The van der Waals surface area contributed by atoms with Crippen LogP contribution in [0.4, 0.5) is 11.5 Å². The molecule has 0 bridgehead atoms. The Bertz CT molecular complexity index is 939. The van der Waals surface area contributed by atoms with Crippen molar-refractivity contribution in [2.24, 2.45) is 4.99 Å². The molecule has 0 amide bonds. The van der Waals surface area contributed by atoms with Gasteiger partial charge in [0.15, 0.2) is 6.29 Å². The number of hydrogen-bond donors (Lipinski definition) is 1. The summed E-state index contributed by atoms with van der Waals surface area (Å²) in [6.45, 7) is 4.90. The summed E-state index contributed by atoms with van der Waals surface area (Å²) in [5, 5.41) is 4.02. The van der Waals surface area contributed by atoms with Crippen molar-refractivity contribution < 1.29 is 4.79 Å². The first-order chi connectivity index (χ1) is 12.6. The van der Waals surface area contributed by atoms with Gasteiger partial charge in [-0.25, -0.2) is 15.0 Å². The van der Waals surface area contributed by atoms with Gasteiger partial charge in [-0.15, -0.1) is 11.3 Å². The molecule has 0 spiro atoms. The quantitative estimate of drug-likeness (QED) is 0.475. The van der Waals surface area contributed by atoms with Crippen molar-refractivity contribution in [3.8, 4) is 0 Å². The molecule has 0 atom stereocenters. The third-order valence-corrected chi connectivity index (χ3v) is 5.13. The van der Waals surface area contributed by atoms with Crippen LogP contribution in [0, 0.1) is 0 Å². The van der Waals surface area contributed by atoms with Gasteiger partial charge in [0, 0.05) is 25.7 Å². The van der Waals surface area contributed by atoms with E-state index in [4.69, 9.17) is 0 Å². The fraction of sp³-hybridized carbons (Fsp3) is 0.263. The van der Waals surface area contributed by atoms with E-state index in [2.05, 4.69) is 45.4 Å². The third kappa shape index (κ3) is 3.72. The van der Waals surface area contributed by atoms with Crippen molar-refractivity contribution in [2.45, 2.75) is 20.3 Å². The van der Waals surface area contributed by atoms with E-state index in [0.717, 1.165) is 41.0 Å². The number of aromatic nitrogens is 2. The number of fused-ring (bicyclic) bond motifs is 1. The predicted octanol–water partition coefficient (Wildman–Crippen LogP) is 4.00. The molecule has 3 rings (SSSR count). The molecule has 0 fully saturated rings. The SMILES string of the molecule is CCN(C)c1ncnc2sc(C=O)c(N=CNC3=CC=C(C)C=CC3)c12. The van der Waals surface area contributed by atoms with Crippen LogP contribution in [0.1, 0.15) is 29.9 Å². The summed E-state index contributed by atoms with van der Waals surface area (Å²) in [5.74, 6) is 0.782. The minimum absolute atomic E-state index is 0.551. The number of nitrogens with one attached hydrogen (secondary N) is 1. The first-order valence-corrected chi connectivity index (χ1v) is 9.22. The van der Waals surface area contributed by atoms with Gasteiger partial charge in [-0.05, 0) is 19.9 Å². The van der Waals surface area contributed by atoms with E-state index in [9.17, 15) is 4.79 Å². The molecule has 0 unspecified atom stereocenters. The van der Waals surface area contributed by atoms with Gasteiger partial charge in [0.2, 0.25) is 0 Å². The van der Waals surface area contributed by atoms with Crippen molar-refractivity contribution in [1.29, 1.82) is 0 Å². The van der Waals surface area contributed by atoms with Gasteiger partial charge < -0.3 is 10.2 Å². The van der Waals surface area contributed by atoms with Gasteiger partial charge in [0.05, 0.1) is 22.3 Å². The van der Waals surface area contributed by atoms with Crippen LogP contribution in [0.15, 0.2) is 46.9 Å². The van der Waals surface area contributed by atoms with Gasteiger partial charge in [-0.2, -0.15) is 0 Å². The number of hydrogen-bond acceptors (Lipinski definition) is 6. The average molecular weight is 367 g/mol. The average Bonchev–Trinajstić information content (AvgIpc) is 2.89. The van der Waals surface area contributed by atoms with Gasteiger partial charge in [-0.1, -0.05) is 23.8 Å². The normalized spacial score (nSPS) is 14.3. The second-order valence-corrected chi connectivity index (χ2v) is 6.97. The van der Waals surface area contributed by atoms with E-state index in [1.165, 1.54) is 23.2 Å². The molecule has 134 valence electrons. The lowest BCUT2D eigenvalue weighted by atomic mass is 10.2. The van der Waals surface area contributed by atoms with Gasteiger partial charge in [-0.3, -0.25) is 4.79 Å². The molecule has 1 aliphatic carbocycles. The van der Waals surface area contributed by atoms with Crippen molar-refractivity contribution >= 4 is 45.7 Å². The monoisotopic (exact) mass is 367 g/mol. The molecular weight excluding hydrogens is 346 g/mol. The molecule has 26 heavy (non-hydrogen) atoms. The van der Waals surface area contributed by atoms with Crippen molar-refractivity contribution in [2.75, 3.05) is 18.5 Å². The fourth-order valence-corrected chi connectivity index (χ4v) is 3.48. The standard InChI is InChI=1S/C19H21N5OS/c1-4-24(3)18-16-17(15(10-25)26-19(16)23-12-22-18)21-11-20-14-7-5-6-13(2)8-9-14/h5-6,8-12H,4,7H2,1-3H3,(H,20,21). The number of rotatable bonds is 6. The number of carbonyl (C=O) groups excluding carboxylic acids is 1. The second kappa shape index (κ2) is 8.05. The van der Waals surface area contributed by atoms with E-state index in [1.807, 2.05) is 24.9 Å². The minimum atomic E-state index is 0.551. The first kappa shape index (κ1) is 18.0. The molecule has 2 heterocycles. The predicted molar refractivity (Wildman–Crippen MR) is 109 cm³/mol. The summed E-state index contributed by atoms with van der Waals surface area (Å²) in [4.78, 5) is 28.1. The number of thiophene rings is 1. The summed E-state index contributed by atoms with van der Waals surface area (Å²) in [5.41, 5.74) is 2.85. The zero-order valence-electron chi connectivity index (χ0n) is 15.1. The molecule has 0 aliphatic heterocycles. The van der Waals surface area contributed by atoms with Crippen LogP contribution in [-0.2, 0) is 0 Å². The maximum atomic E-state index is 11.5. The Morgan fingerprint density at radius 1 is 1.38 bits per heavy atom. The Morgan fingerprint density at radius 3 is 3.00 bits per heavy atom. The number of anilines is 1. The lowest BCUT2D eigenvalue weighted by molar-refractivity contribution is 0.112. The highest BCUT2D eigenvalue weighted by molar-refractivity contribution is 7.21. The summed E-state index contributed by atoms with van der Waals surface area (Å²) < 4.78 is 0. The topological polar surface area (TPSA) is 70.5 Å². The van der Waals surface area contributed by atoms with Crippen LogP contribution >= 0.6 is 11.3 Å². The maximum Gasteiger partial charge on any atom is 0.162 e. The van der Waals surface area contributed by atoms with E-state index in [-0.39, 0.29) is 0 Å². The lowest BCUT2D eigenvalue weighted by Gasteiger charge is -2.16. The summed E-state index contributed by atoms with van der Waals surface area (Å²) in [7, 11) is 1.96. The molecule has 1 N–H and O–H groups in total. The Balaban J connectivity index is 1.96. The van der Waals surface area contributed by atoms with Crippen LogP contribution in [-0.4, -0.2) is 36.2 Å². The van der Waals surface area contributed by atoms with Gasteiger partial charge in [0.1, 0.15) is 17.0 Å². The molecule has 0 aromatic carbocycles. The molecule has 1 aliphatic rings. The summed E-state index contributed by atoms with van der Waals surface area (Å²) in [6, 6.07) is 0. The van der Waals surface area contributed by atoms with Crippen molar-refractivity contribution in [1.82, 2.24) is 15.3 Å². The number of aldehydes is 1. The molecule has 0 saturated carbocycles. The Morgan fingerprint density at radius 2 is 2.23 bits per heavy atom. The first-order valence-electron chi connectivity index (χ1n) is 8.41. The van der Waals surface area contributed by atoms with Crippen molar-refractivity contribution in [3.63, 3.8) is 0 Å². The third-order valence-electron chi connectivity index (χ3n) is 4.12. The smallest absolute Gasteiger partial charge is 0.162 e. The van der Waals surface area contributed by atoms with Crippen LogP contribution in [0.25, 0.3) is 10.2 Å². The van der Waals surface area contributed by atoms with E-state index in [1.54, 1.807) is 6.34 Å². The molecule has 7 heteroatoms. The fourth-order valence-electron chi connectivity index (χ4n) is 2.58. The van der Waals surface area contributed by atoms with E-state index in [0.29, 0.717) is 10.6 Å². The molecule has 0 radical (unpaired) electrons. The molecule has 2 aromatic rings. The Labute approximate surface area is 156 Å². The van der Waals surface area contributed by atoms with Gasteiger partial charge in [0.25, 0.3) is 0 Å². The van der Waals surface area contributed by atoms with Crippen LogP contribution in [0.2, 0.25) is 0 Å². The van der Waals surface area contributed by atoms with E-state index < -0.39 is 0 Å². The largest absolute Gasteiger partial charge is 0.359 e. The van der Waals surface area contributed by atoms with Crippen LogP contribution in [0.3, 0.4) is 0 Å². The van der Waals surface area contributed by atoms with Gasteiger partial charge >= 0.3 is 0 Å². The number of carbonyl (C=O) groups is 1. The van der Waals surface area contributed by atoms with Crippen LogP contribution in [0.5, 0.6) is 0 Å². The number of allylic oxidation sites excluding steroid dienone is 5. The lowest BCUT2D eigenvalue weighted by Crippen LogP contribution is -2.17. The summed E-state index contributed by atoms with van der Waals surface area (Å²) in [6.07, 6.45) is 13.1. The minimum Gasteiger partial charge on any atom is -0.359 e. The Kier molecular flexibility index (Phi) is 5.58. The second-order valence-electron chi connectivity index (χ2n) is 5.94. The maximum absolute atomic E-state index is 11.5. The summed E-state index contributed by atoms with van der Waals surface area (Å²) >= 11 is 1.33. The highest BCUT2D eigenvalue weighted by atomic mass is 32.1. The highest BCUT2D eigenvalue weighted by Crippen LogP contribution is 2.39. The number of nitrogens with zero attached hydrogens (tertiary/aromatic N) is 4. The van der Waals surface area contributed by atoms with E-state index >= 15 is 0 Å². The molecule has 2 aromatic heterocycles. The molecular formula is C19H21N5OS.